The van der Waals surface area contributed by atoms with Crippen molar-refractivity contribution < 1.29 is 31.2 Å². The van der Waals surface area contributed by atoms with Crippen LogP contribution in [0.2, 0.25) is 0 Å². The van der Waals surface area contributed by atoms with Crippen LogP contribution in [0.5, 0.6) is 0 Å². The van der Waals surface area contributed by atoms with Gasteiger partial charge in [-0.05, 0) is 66.9 Å². The summed E-state index contributed by atoms with van der Waals surface area (Å²) < 4.78 is 66.3. The Morgan fingerprint density at radius 1 is 0.949 bits per heavy atom. The van der Waals surface area contributed by atoms with Crippen LogP contribution in [-0.2, 0) is 21.0 Å². The van der Waals surface area contributed by atoms with Gasteiger partial charge in [0.2, 0.25) is 5.91 Å². The van der Waals surface area contributed by atoms with Gasteiger partial charge in [0.15, 0.2) is 5.78 Å². The van der Waals surface area contributed by atoms with E-state index in [1.165, 1.54) is 60.8 Å². The number of aromatic nitrogens is 1. The van der Waals surface area contributed by atoms with Gasteiger partial charge in [0, 0.05) is 23.1 Å². The molecule has 1 fully saturated rings. The molecule has 200 valence electrons. The minimum absolute atomic E-state index is 0.0680. The largest absolute Gasteiger partial charge is 0.416 e. The number of amides is 1. The molecule has 0 bridgehead atoms. The van der Waals surface area contributed by atoms with Crippen molar-refractivity contribution in [2.24, 2.45) is 5.92 Å². The molecule has 1 amide bonds. The monoisotopic (exact) mass is 552 g/mol. The highest BCUT2D eigenvalue weighted by Gasteiger charge is 2.30. The average Bonchev–Trinajstić information content (AvgIpc) is 3.24. The van der Waals surface area contributed by atoms with Gasteiger partial charge in [-0.2, -0.15) is 13.2 Å². The minimum atomic E-state index is -4.45. The van der Waals surface area contributed by atoms with Gasteiger partial charge in [-0.3, -0.25) is 9.59 Å². The molecule has 0 atom stereocenters. The zero-order valence-corrected chi connectivity index (χ0v) is 21.3. The average molecular weight is 553 g/mol. The molecule has 0 radical (unpaired) electrons. The van der Waals surface area contributed by atoms with Crippen LogP contribution in [-0.4, -0.2) is 24.1 Å². The van der Waals surface area contributed by atoms with Crippen LogP contribution >= 0.6 is 0 Å². The third-order valence-corrected chi connectivity index (χ3v) is 8.44. The van der Waals surface area contributed by atoms with Gasteiger partial charge in [0.25, 0.3) is 10.0 Å². The Balaban J connectivity index is 1.50. The summed E-state index contributed by atoms with van der Waals surface area (Å²) in [5.74, 6) is -0.798. The van der Waals surface area contributed by atoms with Gasteiger partial charge in [-0.15, -0.1) is 0 Å². The summed E-state index contributed by atoms with van der Waals surface area (Å²) in [6.45, 7) is 0. The first-order valence-electron chi connectivity index (χ1n) is 12.2. The van der Waals surface area contributed by atoms with Crippen molar-refractivity contribution in [3.8, 4) is 0 Å². The number of hydrogen-bond acceptors (Lipinski definition) is 4. The quantitative estimate of drug-likeness (QED) is 0.209. The van der Waals surface area contributed by atoms with E-state index in [0.717, 1.165) is 35.4 Å². The predicted molar refractivity (Wildman–Crippen MR) is 142 cm³/mol. The second-order valence-electron chi connectivity index (χ2n) is 9.32. The molecule has 4 aromatic rings. The molecule has 39 heavy (non-hydrogen) atoms. The molecular formula is C29H23F3N2O4S. The Labute approximate surface area is 222 Å². The highest BCUT2D eigenvalue weighted by Crippen LogP contribution is 2.33. The van der Waals surface area contributed by atoms with Crippen molar-refractivity contribution in [2.45, 2.75) is 30.3 Å². The summed E-state index contributed by atoms with van der Waals surface area (Å²) in [7, 11) is -4.00. The fourth-order valence-electron chi connectivity index (χ4n) is 4.31. The molecule has 5 rings (SSSR count). The molecular weight excluding hydrogens is 529 g/mol. The van der Waals surface area contributed by atoms with E-state index >= 15 is 0 Å². The van der Waals surface area contributed by atoms with Crippen LogP contribution in [0.3, 0.4) is 0 Å². The fraction of sp³-hybridized carbons (Fsp3) is 0.172. The van der Waals surface area contributed by atoms with E-state index in [4.69, 9.17) is 0 Å². The Hall–Kier alpha value is -4.18. The summed E-state index contributed by atoms with van der Waals surface area (Å²) in [6, 6.07) is 16.7. The molecule has 1 heterocycles. The zero-order valence-electron chi connectivity index (χ0n) is 20.5. The Bertz CT molecular complexity index is 1690. The number of benzene rings is 3. The molecule has 0 unspecified atom stereocenters. The van der Waals surface area contributed by atoms with Gasteiger partial charge >= 0.3 is 6.18 Å². The van der Waals surface area contributed by atoms with Crippen LogP contribution in [0.25, 0.3) is 17.0 Å². The number of nitrogens with zero attached hydrogens (tertiary/aromatic N) is 1. The maximum Gasteiger partial charge on any atom is 0.416 e. The zero-order chi connectivity index (χ0) is 27.8. The molecule has 1 aliphatic carbocycles. The summed E-state index contributed by atoms with van der Waals surface area (Å²) in [4.78, 5) is 25.7. The first-order valence-corrected chi connectivity index (χ1v) is 13.6. The third kappa shape index (κ3) is 5.37. The Morgan fingerprint density at radius 2 is 1.64 bits per heavy atom. The third-order valence-electron chi connectivity index (χ3n) is 6.75. The second kappa shape index (κ2) is 10.2. The van der Waals surface area contributed by atoms with E-state index in [9.17, 15) is 31.2 Å². The molecule has 1 N–H and O–H groups in total. The molecule has 3 aromatic carbocycles. The summed E-state index contributed by atoms with van der Waals surface area (Å²) in [5.41, 5.74) is 0.391. The Morgan fingerprint density at radius 3 is 2.26 bits per heavy atom. The van der Waals surface area contributed by atoms with E-state index in [2.05, 4.69) is 5.32 Å². The maximum absolute atomic E-state index is 13.4. The molecule has 1 aliphatic rings. The SMILES string of the molecule is O=C(/C=C/c1ccc(C(F)(F)F)cc1)c1ccc2c(c1)c(NC(=O)C1CCC1)cn2S(=O)(=O)c1ccccc1. The summed E-state index contributed by atoms with van der Waals surface area (Å²) in [6.07, 6.45) is 1.98. The topological polar surface area (TPSA) is 85.2 Å². The van der Waals surface area contributed by atoms with Crippen molar-refractivity contribution in [2.75, 3.05) is 5.32 Å². The van der Waals surface area contributed by atoms with Gasteiger partial charge < -0.3 is 5.32 Å². The lowest BCUT2D eigenvalue weighted by Crippen LogP contribution is -2.28. The summed E-state index contributed by atoms with van der Waals surface area (Å²) >= 11 is 0. The lowest BCUT2D eigenvalue weighted by molar-refractivity contribution is -0.137. The van der Waals surface area contributed by atoms with Crippen LogP contribution < -0.4 is 5.32 Å². The van der Waals surface area contributed by atoms with E-state index in [-0.39, 0.29) is 33.5 Å². The number of carbonyl (C=O) groups is 2. The lowest BCUT2D eigenvalue weighted by Gasteiger charge is -2.23. The van der Waals surface area contributed by atoms with Crippen LogP contribution in [0.4, 0.5) is 18.9 Å². The number of alkyl halides is 3. The number of fused-ring (bicyclic) bond motifs is 1. The van der Waals surface area contributed by atoms with E-state index in [1.54, 1.807) is 18.2 Å². The molecule has 0 spiro atoms. The van der Waals surface area contributed by atoms with Crippen molar-refractivity contribution in [3.63, 3.8) is 0 Å². The van der Waals surface area contributed by atoms with Gasteiger partial charge in [-0.1, -0.05) is 42.8 Å². The maximum atomic E-state index is 13.4. The number of carbonyl (C=O) groups excluding carboxylic acids is 2. The number of allylic oxidation sites excluding steroid dienone is 1. The molecule has 1 saturated carbocycles. The Kier molecular flexibility index (Phi) is 6.90. The number of anilines is 1. The molecule has 10 heteroatoms. The molecule has 1 aromatic heterocycles. The smallest absolute Gasteiger partial charge is 0.324 e. The normalized spacial score (nSPS) is 14.4. The first kappa shape index (κ1) is 26.4. The van der Waals surface area contributed by atoms with Crippen LogP contribution in [0.1, 0.15) is 40.7 Å². The molecule has 6 nitrogen and oxygen atoms in total. The van der Waals surface area contributed by atoms with Crippen molar-refractivity contribution in [1.82, 2.24) is 3.97 Å². The molecule has 0 aliphatic heterocycles. The number of nitrogens with one attached hydrogen (secondary N) is 1. The minimum Gasteiger partial charge on any atom is -0.324 e. The van der Waals surface area contributed by atoms with Crippen molar-refractivity contribution >= 4 is 44.4 Å². The fourth-order valence-corrected chi connectivity index (χ4v) is 5.71. The standard InChI is InChI=1S/C29H23F3N2O4S/c30-29(31,32)22-13-9-19(10-14-22)11-16-27(35)21-12-15-26-24(17-21)25(33-28(36)20-5-4-6-20)18-34(26)39(37,38)23-7-2-1-3-8-23/h1-3,7-18,20H,4-6H2,(H,33,36)/b16-11+. The van der Waals surface area contributed by atoms with E-state index in [1.807, 2.05) is 0 Å². The van der Waals surface area contributed by atoms with Gasteiger partial charge in [-0.25, -0.2) is 12.4 Å². The van der Waals surface area contributed by atoms with Crippen LogP contribution in [0, 0.1) is 5.92 Å². The van der Waals surface area contributed by atoms with Crippen LogP contribution in [0.15, 0.2) is 90.0 Å². The second-order valence-corrected chi connectivity index (χ2v) is 11.1. The lowest BCUT2D eigenvalue weighted by atomic mass is 9.85. The van der Waals surface area contributed by atoms with Gasteiger partial charge in [0.05, 0.1) is 21.7 Å². The molecule has 0 saturated heterocycles. The van der Waals surface area contributed by atoms with Gasteiger partial charge in [0.1, 0.15) is 0 Å². The van der Waals surface area contributed by atoms with E-state index in [0.29, 0.717) is 10.9 Å². The number of hydrogen-bond donors (Lipinski definition) is 1. The number of ketones is 1. The number of rotatable bonds is 7. The predicted octanol–water partition coefficient (Wildman–Crippen LogP) is 6.53. The van der Waals surface area contributed by atoms with E-state index < -0.39 is 27.5 Å². The highest BCUT2D eigenvalue weighted by atomic mass is 32.2. The highest BCUT2D eigenvalue weighted by molar-refractivity contribution is 7.90. The van der Waals surface area contributed by atoms with Crippen molar-refractivity contribution in [3.05, 3.63) is 102 Å². The van der Waals surface area contributed by atoms with Crippen molar-refractivity contribution in [1.29, 1.82) is 0 Å². The first-order chi connectivity index (χ1) is 18.5. The number of halogens is 3. The summed E-state index contributed by atoms with van der Waals surface area (Å²) in [5, 5.41) is 3.20.